The number of hydrogen-bond acceptors (Lipinski definition) is 7. The minimum absolute atomic E-state index is 0.00445. The lowest BCUT2D eigenvalue weighted by Gasteiger charge is -2.30. The van der Waals surface area contributed by atoms with E-state index >= 15 is 0 Å². The molecule has 0 unspecified atom stereocenters. The third-order valence-electron chi connectivity index (χ3n) is 5.91. The van der Waals surface area contributed by atoms with Crippen LogP contribution in [0.3, 0.4) is 0 Å². The SMILES string of the molecule is COc1ccc(OC)c(-c2cc3ccc(O)c(CN4CCC[C@H](C(=O)O)C4)c3oc2=O)c1. The van der Waals surface area contributed by atoms with Crippen molar-refractivity contribution in [1.29, 1.82) is 0 Å². The normalized spacial score (nSPS) is 16.8. The first-order chi connectivity index (χ1) is 15.4. The minimum Gasteiger partial charge on any atom is -0.507 e. The van der Waals surface area contributed by atoms with Gasteiger partial charge in [-0.05, 0) is 55.8 Å². The van der Waals surface area contributed by atoms with E-state index in [4.69, 9.17) is 13.9 Å². The third kappa shape index (κ3) is 4.13. The van der Waals surface area contributed by atoms with E-state index in [1.165, 1.54) is 7.11 Å². The maximum Gasteiger partial charge on any atom is 0.344 e. The molecule has 0 saturated carbocycles. The van der Waals surface area contributed by atoms with Gasteiger partial charge in [-0.2, -0.15) is 0 Å². The fourth-order valence-electron chi connectivity index (χ4n) is 4.22. The number of nitrogens with zero attached hydrogens (tertiary/aromatic N) is 1. The molecule has 0 bridgehead atoms. The number of fused-ring (bicyclic) bond motifs is 1. The Morgan fingerprint density at radius 1 is 1.16 bits per heavy atom. The number of aromatic hydroxyl groups is 1. The Morgan fingerprint density at radius 2 is 1.97 bits per heavy atom. The van der Waals surface area contributed by atoms with Crippen molar-refractivity contribution in [3.8, 4) is 28.4 Å². The number of piperidine rings is 1. The molecule has 0 aliphatic carbocycles. The Balaban J connectivity index is 1.77. The molecule has 0 amide bonds. The summed E-state index contributed by atoms with van der Waals surface area (Å²) in [5.41, 5.74) is 1.04. The van der Waals surface area contributed by atoms with Gasteiger partial charge in [0, 0.05) is 24.0 Å². The molecule has 1 aliphatic rings. The van der Waals surface area contributed by atoms with Gasteiger partial charge in [-0.1, -0.05) is 0 Å². The highest BCUT2D eigenvalue weighted by Crippen LogP contribution is 2.35. The van der Waals surface area contributed by atoms with Gasteiger partial charge in [0.1, 0.15) is 22.8 Å². The molecule has 2 heterocycles. The van der Waals surface area contributed by atoms with Gasteiger partial charge in [0.15, 0.2) is 0 Å². The van der Waals surface area contributed by atoms with Crippen molar-refractivity contribution in [1.82, 2.24) is 4.90 Å². The van der Waals surface area contributed by atoms with E-state index in [2.05, 4.69) is 0 Å². The molecule has 0 spiro atoms. The Labute approximate surface area is 184 Å². The number of aliphatic carboxylic acids is 1. The molecule has 1 aliphatic heterocycles. The number of rotatable bonds is 6. The smallest absolute Gasteiger partial charge is 0.344 e. The van der Waals surface area contributed by atoms with Crippen LogP contribution in [-0.4, -0.2) is 48.4 Å². The summed E-state index contributed by atoms with van der Waals surface area (Å²) in [6, 6.07) is 10.1. The van der Waals surface area contributed by atoms with Crippen molar-refractivity contribution >= 4 is 16.9 Å². The van der Waals surface area contributed by atoms with Gasteiger partial charge in [-0.15, -0.1) is 0 Å². The van der Waals surface area contributed by atoms with Crippen molar-refractivity contribution in [3.05, 3.63) is 52.4 Å². The van der Waals surface area contributed by atoms with E-state index in [9.17, 15) is 19.8 Å². The summed E-state index contributed by atoms with van der Waals surface area (Å²) in [5.74, 6) is -0.181. The standard InChI is InChI=1S/C24H25NO7/c1-30-16-6-8-21(31-2)17(11-16)18-10-14-5-7-20(26)19(22(14)32-24(18)29)13-25-9-3-4-15(12-25)23(27)28/h5-8,10-11,15,26H,3-4,9,12-13H2,1-2H3,(H,27,28)/t15-/m0/s1. The molecule has 8 nitrogen and oxygen atoms in total. The number of hydrogen-bond donors (Lipinski definition) is 2. The van der Waals surface area contributed by atoms with Crippen LogP contribution < -0.4 is 15.1 Å². The summed E-state index contributed by atoms with van der Waals surface area (Å²) in [6.07, 6.45) is 1.39. The van der Waals surface area contributed by atoms with Gasteiger partial charge in [0.2, 0.25) is 0 Å². The molecule has 32 heavy (non-hydrogen) atoms. The second kappa shape index (κ2) is 8.92. The molecule has 1 saturated heterocycles. The van der Waals surface area contributed by atoms with Crippen LogP contribution in [0.2, 0.25) is 0 Å². The van der Waals surface area contributed by atoms with Gasteiger partial charge in [-0.25, -0.2) is 4.79 Å². The molecule has 0 radical (unpaired) electrons. The molecule has 1 aromatic heterocycles. The largest absolute Gasteiger partial charge is 0.507 e. The number of carboxylic acid groups (broad SMARTS) is 1. The van der Waals surface area contributed by atoms with Crippen LogP contribution in [0.25, 0.3) is 22.1 Å². The second-order valence-electron chi connectivity index (χ2n) is 7.91. The number of phenols is 1. The first kappa shape index (κ1) is 21.7. The average molecular weight is 439 g/mol. The number of phenolic OH excluding ortho intramolecular Hbond substituents is 1. The van der Waals surface area contributed by atoms with Crippen LogP contribution in [0.1, 0.15) is 18.4 Å². The average Bonchev–Trinajstić information content (AvgIpc) is 2.80. The lowest BCUT2D eigenvalue weighted by atomic mass is 9.97. The van der Waals surface area contributed by atoms with E-state index < -0.39 is 17.5 Å². The first-order valence-corrected chi connectivity index (χ1v) is 10.4. The number of ether oxygens (including phenoxy) is 2. The topological polar surface area (TPSA) is 109 Å². The zero-order valence-corrected chi connectivity index (χ0v) is 18.0. The Hall–Kier alpha value is -3.52. The van der Waals surface area contributed by atoms with E-state index in [1.54, 1.807) is 43.5 Å². The van der Waals surface area contributed by atoms with Crippen LogP contribution in [0.5, 0.6) is 17.2 Å². The molecular weight excluding hydrogens is 414 g/mol. The zero-order valence-electron chi connectivity index (χ0n) is 18.0. The van der Waals surface area contributed by atoms with Crippen molar-refractivity contribution in [2.75, 3.05) is 27.3 Å². The van der Waals surface area contributed by atoms with Crippen molar-refractivity contribution < 1.29 is 28.9 Å². The number of carboxylic acids is 1. The fraction of sp³-hybridized carbons (Fsp3) is 0.333. The van der Waals surface area contributed by atoms with Crippen molar-refractivity contribution in [2.45, 2.75) is 19.4 Å². The minimum atomic E-state index is -0.819. The molecule has 3 aromatic rings. The van der Waals surface area contributed by atoms with Crippen LogP contribution in [0, 0.1) is 5.92 Å². The summed E-state index contributed by atoms with van der Waals surface area (Å²) in [6.45, 7) is 1.38. The van der Waals surface area contributed by atoms with Gasteiger partial charge in [0.25, 0.3) is 0 Å². The van der Waals surface area contributed by atoms with Gasteiger partial charge >= 0.3 is 11.6 Å². The highest BCUT2D eigenvalue weighted by molar-refractivity contribution is 5.87. The Kier molecular flexibility index (Phi) is 6.05. The molecular formula is C24H25NO7. The third-order valence-corrected chi connectivity index (χ3v) is 5.91. The number of methoxy groups -OCH3 is 2. The first-order valence-electron chi connectivity index (χ1n) is 10.4. The maximum absolute atomic E-state index is 13.0. The van der Waals surface area contributed by atoms with Crippen LogP contribution in [0.15, 0.2) is 45.6 Å². The number of carbonyl (C=O) groups is 1. The van der Waals surface area contributed by atoms with Gasteiger partial charge in [0.05, 0.1) is 31.3 Å². The van der Waals surface area contributed by atoms with Gasteiger partial charge < -0.3 is 24.1 Å². The Morgan fingerprint density at radius 3 is 2.69 bits per heavy atom. The number of likely N-dealkylation sites (tertiary alicyclic amines) is 1. The molecule has 1 fully saturated rings. The summed E-state index contributed by atoms with van der Waals surface area (Å²) in [4.78, 5) is 26.3. The van der Waals surface area contributed by atoms with E-state index in [0.29, 0.717) is 53.1 Å². The maximum atomic E-state index is 13.0. The number of benzene rings is 2. The molecule has 2 N–H and O–H groups in total. The van der Waals surface area contributed by atoms with E-state index in [-0.39, 0.29) is 17.9 Å². The molecule has 2 aromatic carbocycles. The summed E-state index contributed by atoms with van der Waals surface area (Å²) in [7, 11) is 3.06. The quantitative estimate of drug-likeness (QED) is 0.562. The molecule has 8 heteroatoms. The second-order valence-corrected chi connectivity index (χ2v) is 7.91. The highest BCUT2D eigenvalue weighted by atomic mass is 16.5. The Bertz CT molecular complexity index is 1220. The van der Waals surface area contributed by atoms with Crippen LogP contribution in [0.4, 0.5) is 0 Å². The van der Waals surface area contributed by atoms with Gasteiger partial charge in [-0.3, -0.25) is 9.69 Å². The molecule has 4 rings (SSSR count). The van der Waals surface area contributed by atoms with E-state index in [0.717, 1.165) is 6.42 Å². The van der Waals surface area contributed by atoms with Crippen molar-refractivity contribution in [2.24, 2.45) is 5.92 Å². The predicted octanol–water partition coefficient (Wildman–Crippen LogP) is 3.48. The lowest BCUT2D eigenvalue weighted by molar-refractivity contribution is -0.143. The molecule has 168 valence electrons. The van der Waals surface area contributed by atoms with Crippen LogP contribution >= 0.6 is 0 Å². The summed E-state index contributed by atoms with van der Waals surface area (Å²) < 4.78 is 16.4. The zero-order chi connectivity index (χ0) is 22.8. The monoisotopic (exact) mass is 439 g/mol. The van der Waals surface area contributed by atoms with Crippen LogP contribution in [-0.2, 0) is 11.3 Å². The fourth-order valence-corrected chi connectivity index (χ4v) is 4.22. The lowest BCUT2D eigenvalue weighted by Crippen LogP contribution is -2.38. The highest BCUT2D eigenvalue weighted by Gasteiger charge is 2.27. The van der Waals surface area contributed by atoms with Crippen molar-refractivity contribution in [3.63, 3.8) is 0 Å². The predicted molar refractivity (Wildman–Crippen MR) is 118 cm³/mol. The summed E-state index contributed by atoms with van der Waals surface area (Å²) in [5, 5.41) is 20.5. The van der Waals surface area contributed by atoms with E-state index in [1.807, 2.05) is 4.90 Å². The molecule has 1 atom stereocenters. The summed E-state index contributed by atoms with van der Waals surface area (Å²) >= 11 is 0.